The predicted molar refractivity (Wildman–Crippen MR) is 98.6 cm³/mol. The number of aromatic nitrogens is 4. The van der Waals surface area contributed by atoms with Gasteiger partial charge in [-0.15, -0.1) is 0 Å². The van der Waals surface area contributed by atoms with Gasteiger partial charge in [-0.2, -0.15) is 0 Å². The number of urea groups is 1. The molecular weight excluding hydrogens is 366 g/mol. The fraction of sp³-hybridized carbons (Fsp3) is 0.368. The third-order valence-corrected chi connectivity index (χ3v) is 4.84. The van der Waals surface area contributed by atoms with Crippen LogP contribution >= 0.6 is 0 Å². The van der Waals surface area contributed by atoms with Crippen molar-refractivity contribution >= 4 is 17.1 Å². The highest BCUT2D eigenvalue weighted by atomic mass is 19.3. The van der Waals surface area contributed by atoms with Crippen molar-refractivity contribution in [3.8, 4) is 0 Å². The number of carbonyl (C=O) groups excluding carboxylic acids is 1. The Morgan fingerprint density at radius 1 is 1.25 bits per heavy atom. The van der Waals surface area contributed by atoms with E-state index in [1.54, 1.807) is 4.90 Å². The van der Waals surface area contributed by atoms with E-state index in [-0.39, 0.29) is 30.1 Å². The van der Waals surface area contributed by atoms with E-state index in [4.69, 9.17) is 0 Å². The van der Waals surface area contributed by atoms with Gasteiger partial charge in [0, 0.05) is 12.7 Å². The molecule has 1 saturated heterocycles. The first-order chi connectivity index (χ1) is 13.6. The molecule has 2 amide bonds. The van der Waals surface area contributed by atoms with Crippen molar-refractivity contribution in [3.05, 3.63) is 53.9 Å². The summed E-state index contributed by atoms with van der Waals surface area (Å²) in [4.78, 5) is 30.2. The van der Waals surface area contributed by atoms with Crippen molar-refractivity contribution in [1.29, 1.82) is 0 Å². The maximum Gasteiger partial charge on any atom is 0.318 e. The number of amides is 2. The quantitative estimate of drug-likeness (QED) is 0.715. The largest absolute Gasteiger partial charge is 0.340 e. The molecule has 2 aromatic heterocycles. The fourth-order valence-electron chi connectivity index (χ4n) is 3.47. The van der Waals surface area contributed by atoms with Crippen molar-refractivity contribution in [1.82, 2.24) is 30.2 Å². The minimum absolute atomic E-state index is 0.0112. The van der Waals surface area contributed by atoms with Crippen LogP contribution in [-0.2, 0) is 6.54 Å². The lowest BCUT2D eigenvalue weighted by atomic mass is 10.0. The van der Waals surface area contributed by atoms with Gasteiger partial charge in [-0.25, -0.2) is 28.5 Å². The lowest BCUT2D eigenvalue weighted by molar-refractivity contribution is 0.144. The third kappa shape index (κ3) is 3.78. The number of carbonyl (C=O) groups is 1. The van der Waals surface area contributed by atoms with Crippen LogP contribution in [0.3, 0.4) is 0 Å². The second kappa shape index (κ2) is 7.87. The number of alkyl halides is 2. The van der Waals surface area contributed by atoms with Crippen molar-refractivity contribution in [2.24, 2.45) is 0 Å². The average Bonchev–Trinajstić information content (AvgIpc) is 3.16. The Bertz CT molecular complexity index is 943. The molecule has 1 fully saturated rings. The van der Waals surface area contributed by atoms with Crippen molar-refractivity contribution in [3.63, 3.8) is 0 Å². The topological polar surface area (TPSA) is 86.8 Å². The monoisotopic (exact) mass is 386 g/mol. The van der Waals surface area contributed by atoms with Crippen LogP contribution in [0, 0.1) is 0 Å². The highest BCUT2D eigenvalue weighted by Gasteiger charge is 2.30. The first-order valence-electron chi connectivity index (χ1n) is 9.21. The summed E-state index contributed by atoms with van der Waals surface area (Å²) in [6.45, 7) is 0.591. The normalized spacial score (nSPS) is 17.2. The molecule has 1 unspecified atom stereocenters. The number of piperidine rings is 1. The summed E-state index contributed by atoms with van der Waals surface area (Å²) >= 11 is 0. The Morgan fingerprint density at radius 2 is 2.11 bits per heavy atom. The SMILES string of the molecule is O=C(NCc1nccc(C(F)F)n1)N1CCCCC1c1nc2ccccc2[nH]1. The molecule has 0 spiro atoms. The summed E-state index contributed by atoms with van der Waals surface area (Å²) in [6, 6.07) is 8.46. The Labute approximate surface area is 160 Å². The number of aromatic amines is 1. The molecule has 146 valence electrons. The minimum atomic E-state index is -2.67. The number of imidazole rings is 1. The number of para-hydroxylation sites is 2. The summed E-state index contributed by atoms with van der Waals surface area (Å²) in [5.74, 6) is 0.912. The molecule has 9 heteroatoms. The molecule has 1 atom stereocenters. The highest BCUT2D eigenvalue weighted by Crippen LogP contribution is 2.30. The number of nitrogens with one attached hydrogen (secondary N) is 2. The Kier molecular flexibility index (Phi) is 5.14. The maximum atomic E-state index is 12.8. The lowest BCUT2D eigenvalue weighted by Crippen LogP contribution is -2.44. The first kappa shape index (κ1) is 18.3. The van der Waals surface area contributed by atoms with E-state index in [2.05, 4.69) is 25.3 Å². The summed E-state index contributed by atoms with van der Waals surface area (Å²) in [7, 11) is 0. The molecule has 2 N–H and O–H groups in total. The van der Waals surface area contributed by atoms with E-state index in [1.807, 2.05) is 24.3 Å². The summed E-state index contributed by atoms with van der Waals surface area (Å²) < 4.78 is 25.5. The second-order valence-corrected chi connectivity index (χ2v) is 6.70. The lowest BCUT2D eigenvalue weighted by Gasteiger charge is -2.34. The van der Waals surface area contributed by atoms with E-state index in [0.29, 0.717) is 6.54 Å². The van der Waals surface area contributed by atoms with Crippen LogP contribution in [0.25, 0.3) is 11.0 Å². The molecular formula is C19H20F2N6O. The maximum absolute atomic E-state index is 12.8. The summed E-state index contributed by atoms with van der Waals surface area (Å²) in [5.41, 5.74) is 1.44. The van der Waals surface area contributed by atoms with Crippen molar-refractivity contribution < 1.29 is 13.6 Å². The molecule has 7 nitrogen and oxygen atoms in total. The molecule has 4 rings (SSSR count). The van der Waals surface area contributed by atoms with Gasteiger partial charge in [0.25, 0.3) is 6.43 Å². The van der Waals surface area contributed by atoms with E-state index < -0.39 is 6.43 Å². The van der Waals surface area contributed by atoms with Crippen molar-refractivity contribution in [2.75, 3.05) is 6.54 Å². The van der Waals surface area contributed by atoms with Gasteiger partial charge in [0.2, 0.25) is 0 Å². The Balaban J connectivity index is 1.48. The first-order valence-corrected chi connectivity index (χ1v) is 9.21. The fourth-order valence-corrected chi connectivity index (χ4v) is 3.47. The van der Waals surface area contributed by atoms with Crippen LogP contribution < -0.4 is 5.32 Å². The molecule has 0 aliphatic carbocycles. The van der Waals surface area contributed by atoms with Gasteiger partial charge in [0.05, 0.1) is 23.6 Å². The number of halogens is 2. The van der Waals surface area contributed by atoms with E-state index in [9.17, 15) is 13.6 Å². The average molecular weight is 386 g/mol. The summed E-state index contributed by atoms with van der Waals surface area (Å²) in [6.07, 6.45) is 1.32. The van der Waals surface area contributed by atoms with Crippen LogP contribution in [-0.4, -0.2) is 37.4 Å². The zero-order valence-electron chi connectivity index (χ0n) is 15.1. The van der Waals surface area contributed by atoms with Crippen LogP contribution in [0.4, 0.5) is 13.6 Å². The van der Waals surface area contributed by atoms with Gasteiger partial charge >= 0.3 is 6.03 Å². The van der Waals surface area contributed by atoms with Crippen LogP contribution in [0.1, 0.15) is 49.1 Å². The smallest absolute Gasteiger partial charge is 0.318 e. The number of likely N-dealkylation sites (tertiary alicyclic amines) is 1. The van der Waals surface area contributed by atoms with Crippen LogP contribution in [0.2, 0.25) is 0 Å². The molecule has 1 aromatic carbocycles. The number of rotatable bonds is 4. The predicted octanol–water partition coefficient (Wildman–Crippen LogP) is 3.73. The van der Waals surface area contributed by atoms with Crippen molar-refractivity contribution in [2.45, 2.75) is 38.3 Å². The van der Waals surface area contributed by atoms with Gasteiger partial charge in [-0.1, -0.05) is 12.1 Å². The van der Waals surface area contributed by atoms with Gasteiger partial charge in [-0.3, -0.25) is 0 Å². The van der Waals surface area contributed by atoms with Crippen LogP contribution in [0.5, 0.6) is 0 Å². The third-order valence-electron chi connectivity index (χ3n) is 4.84. The molecule has 3 heterocycles. The standard InChI is InChI=1S/C19H20F2N6O/c20-17(21)14-8-9-22-16(24-14)11-23-19(28)27-10-4-3-7-15(27)18-25-12-5-1-2-6-13(12)26-18/h1-2,5-6,8-9,15,17H,3-4,7,10-11H2,(H,23,28)(H,25,26). The number of nitrogens with zero attached hydrogens (tertiary/aromatic N) is 4. The molecule has 0 radical (unpaired) electrons. The molecule has 1 aliphatic rings. The van der Waals surface area contributed by atoms with E-state index in [1.165, 1.54) is 6.20 Å². The zero-order valence-corrected chi connectivity index (χ0v) is 15.1. The van der Waals surface area contributed by atoms with Gasteiger partial charge in [-0.05, 0) is 37.5 Å². The molecule has 0 saturated carbocycles. The number of hydrogen-bond donors (Lipinski definition) is 2. The van der Waals surface area contributed by atoms with Crippen LogP contribution in [0.15, 0.2) is 36.5 Å². The van der Waals surface area contributed by atoms with Gasteiger partial charge < -0.3 is 15.2 Å². The Hall–Kier alpha value is -3.10. The molecule has 0 bridgehead atoms. The highest BCUT2D eigenvalue weighted by molar-refractivity contribution is 5.76. The second-order valence-electron chi connectivity index (χ2n) is 6.70. The number of benzene rings is 1. The number of hydrogen-bond acceptors (Lipinski definition) is 4. The van der Waals surface area contributed by atoms with E-state index in [0.717, 1.165) is 42.2 Å². The molecule has 3 aromatic rings. The summed E-state index contributed by atoms with van der Waals surface area (Å²) in [5, 5.41) is 2.74. The molecule has 28 heavy (non-hydrogen) atoms. The van der Waals surface area contributed by atoms with Gasteiger partial charge in [0.1, 0.15) is 17.3 Å². The zero-order chi connectivity index (χ0) is 19.5. The minimum Gasteiger partial charge on any atom is -0.340 e. The van der Waals surface area contributed by atoms with Gasteiger partial charge in [0.15, 0.2) is 0 Å². The number of fused-ring (bicyclic) bond motifs is 1. The molecule has 1 aliphatic heterocycles. The Morgan fingerprint density at radius 3 is 2.93 bits per heavy atom. The van der Waals surface area contributed by atoms with E-state index >= 15 is 0 Å². The number of H-pyrrole nitrogens is 1.